The molecule has 1 aromatic rings. The lowest BCUT2D eigenvalue weighted by Gasteiger charge is -2.25. The van der Waals surface area contributed by atoms with Crippen molar-refractivity contribution in [3.05, 3.63) is 59.0 Å². The van der Waals surface area contributed by atoms with E-state index in [1.165, 1.54) is 56.4 Å². The first-order chi connectivity index (χ1) is 12.7. The van der Waals surface area contributed by atoms with Gasteiger partial charge in [0.15, 0.2) is 12.4 Å². The summed E-state index contributed by atoms with van der Waals surface area (Å²) in [6.07, 6.45) is 13.6. The number of hydrogen-bond acceptors (Lipinski definition) is 2. The average molecular weight is 352 g/mol. The molecule has 0 radical (unpaired) electrons. The van der Waals surface area contributed by atoms with Crippen molar-refractivity contribution in [3.63, 3.8) is 0 Å². The summed E-state index contributed by atoms with van der Waals surface area (Å²) in [4.78, 5) is 2.60. The number of benzene rings is 1. The molecule has 3 rings (SSSR count). The first-order valence-corrected chi connectivity index (χ1v) is 9.86. The Balaban J connectivity index is 1.54. The third-order valence-corrected chi connectivity index (χ3v) is 5.09. The lowest BCUT2D eigenvalue weighted by molar-refractivity contribution is -0.452. The van der Waals surface area contributed by atoms with Gasteiger partial charge in [-0.1, -0.05) is 24.6 Å². The van der Waals surface area contributed by atoms with E-state index in [0.717, 1.165) is 17.9 Å². The molecule has 0 amide bonds. The number of hydrogen-bond donors (Lipinski definition) is 0. The molecule has 0 spiro atoms. The molecule has 3 nitrogen and oxygen atoms in total. The molecule has 2 aliphatic heterocycles. The maximum absolute atomic E-state index is 6.11. The number of aryl methyl sites for hydroxylation is 2. The number of nitrogens with zero attached hydrogens (tertiary/aromatic N) is 2. The molecule has 1 fully saturated rings. The second-order valence-electron chi connectivity index (χ2n) is 7.33. The van der Waals surface area contributed by atoms with E-state index in [4.69, 9.17) is 4.74 Å². The van der Waals surface area contributed by atoms with Crippen molar-refractivity contribution in [2.75, 3.05) is 32.8 Å². The Bertz CT molecular complexity index is 712. The van der Waals surface area contributed by atoms with E-state index in [1.54, 1.807) is 0 Å². The first kappa shape index (κ1) is 18.7. The molecule has 0 unspecified atom stereocenters. The number of ether oxygens (including phenoxy) is 1. The highest BCUT2D eigenvalue weighted by Gasteiger charge is 2.12. The highest BCUT2D eigenvalue weighted by Crippen LogP contribution is 2.23. The summed E-state index contributed by atoms with van der Waals surface area (Å²) in [5, 5.41) is 0. The van der Waals surface area contributed by atoms with Gasteiger partial charge in [0.1, 0.15) is 18.9 Å². The highest BCUT2D eigenvalue weighted by atomic mass is 16.5. The molecule has 1 aromatic carbocycles. The Morgan fingerprint density at radius 1 is 1.12 bits per heavy atom. The van der Waals surface area contributed by atoms with Crippen molar-refractivity contribution in [1.82, 2.24) is 4.90 Å². The zero-order chi connectivity index (χ0) is 18.2. The minimum absolute atomic E-state index is 0.572. The smallest absolute Gasteiger partial charge is 0.176 e. The molecule has 2 heterocycles. The summed E-state index contributed by atoms with van der Waals surface area (Å²) in [7, 11) is 0. The van der Waals surface area contributed by atoms with E-state index in [9.17, 15) is 0 Å². The van der Waals surface area contributed by atoms with Crippen LogP contribution in [0.4, 0.5) is 0 Å². The largest absolute Gasteiger partial charge is 0.488 e. The van der Waals surface area contributed by atoms with Gasteiger partial charge in [-0.15, -0.1) is 5.73 Å². The van der Waals surface area contributed by atoms with Gasteiger partial charge in [0, 0.05) is 19.0 Å². The maximum Gasteiger partial charge on any atom is 0.176 e. The monoisotopic (exact) mass is 351 g/mol. The Hall–Kier alpha value is -2.09. The van der Waals surface area contributed by atoms with Crippen molar-refractivity contribution in [1.29, 1.82) is 0 Å². The highest BCUT2D eigenvalue weighted by molar-refractivity contribution is 5.66. The molecule has 0 N–H and O–H groups in total. The lowest BCUT2D eigenvalue weighted by atomic mass is 10.1. The summed E-state index contributed by atoms with van der Waals surface area (Å²) in [6.45, 7) is 9.55. The normalized spacial score (nSPS) is 17.6. The van der Waals surface area contributed by atoms with Gasteiger partial charge >= 0.3 is 0 Å². The Labute approximate surface area is 158 Å². The summed E-state index contributed by atoms with van der Waals surface area (Å²) in [5.74, 6) is 0.996. The Morgan fingerprint density at radius 2 is 1.88 bits per heavy atom. The van der Waals surface area contributed by atoms with Gasteiger partial charge in [-0.3, -0.25) is 0 Å². The fraction of sp³-hybridized carbons (Fsp3) is 0.478. The third kappa shape index (κ3) is 5.45. The molecule has 0 atom stereocenters. The second kappa shape index (κ2) is 9.56. The van der Waals surface area contributed by atoms with Gasteiger partial charge < -0.3 is 9.64 Å². The molecule has 26 heavy (non-hydrogen) atoms. The van der Waals surface area contributed by atoms with Crippen molar-refractivity contribution in [2.24, 2.45) is 0 Å². The molecule has 0 aromatic heterocycles. The molecule has 2 aliphatic rings. The van der Waals surface area contributed by atoms with Crippen LogP contribution in [0, 0.1) is 13.8 Å². The van der Waals surface area contributed by atoms with Crippen molar-refractivity contribution in [3.8, 4) is 5.75 Å². The number of rotatable bonds is 7. The first-order valence-electron chi connectivity index (χ1n) is 9.86. The van der Waals surface area contributed by atoms with Gasteiger partial charge in [0.2, 0.25) is 0 Å². The zero-order valence-electron chi connectivity index (χ0n) is 16.2. The van der Waals surface area contributed by atoms with E-state index in [-0.39, 0.29) is 0 Å². The molecule has 0 saturated carbocycles. The summed E-state index contributed by atoms with van der Waals surface area (Å²) in [6, 6.07) is 6.27. The molecule has 138 valence electrons. The van der Waals surface area contributed by atoms with Crippen LogP contribution in [0.25, 0.3) is 0 Å². The minimum atomic E-state index is 0.572. The third-order valence-electron chi connectivity index (χ3n) is 5.09. The predicted molar refractivity (Wildman–Crippen MR) is 108 cm³/mol. The van der Waals surface area contributed by atoms with Crippen LogP contribution in [0.3, 0.4) is 0 Å². The predicted octanol–water partition coefficient (Wildman–Crippen LogP) is 4.25. The van der Waals surface area contributed by atoms with Gasteiger partial charge in [-0.05, 0) is 57.0 Å². The van der Waals surface area contributed by atoms with Crippen molar-refractivity contribution < 1.29 is 9.31 Å². The maximum atomic E-state index is 6.11. The summed E-state index contributed by atoms with van der Waals surface area (Å²) < 4.78 is 8.38. The topological polar surface area (TPSA) is 15.5 Å². The van der Waals surface area contributed by atoms with Crippen LogP contribution in [0.15, 0.2) is 47.9 Å². The number of para-hydroxylation sites is 1. The van der Waals surface area contributed by atoms with Crippen LogP contribution in [0.1, 0.15) is 36.8 Å². The SMILES string of the molecule is Cc1cccc(C)c1OCC1=C[N+](CCCN2CCCCC2)=CC=C=C1. The van der Waals surface area contributed by atoms with E-state index >= 15 is 0 Å². The van der Waals surface area contributed by atoms with E-state index < -0.39 is 0 Å². The van der Waals surface area contributed by atoms with Gasteiger partial charge in [0.05, 0.1) is 5.57 Å². The van der Waals surface area contributed by atoms with Crippen LogP contribution in [-0.2, 0) is 0 Å². The molecule has 0 bridgehead atoms. The average Bonchev–Trinajstić information content (AvgIpc) is 2.87. The quantitative estimate of drug-likeness (QED) is 0.539. The Morgan fingerprint density at radius 3 is 2.65 bits per heavy atom. The van der Waals surface area contributed by atoms with E-state index in [2.05, 4.69) is 59.7 Å². The minimum Gasteiger partial charge on any atom is -0.488 e. The standard InChI is InChI=1S/C23H31N2O/c1-20-10-8-11-21(2)23(20)26-19-22-12-4-7-15-25(18-22)17-9-16-24-13-5-3-6-14-24/h7-8,10-12,15,18H,3,5-6,9,13-14,16-17,19H2,1-2H3/q+1. The van der Waals surface area contributed by atoms with E-state index in [1.807, 2.05) is 12.2 Å². The molecule has 3 heteroatoms. The van der Waals surface area contributed by atoms with Crippen LogP contribution in [0.2, 0.25) is 0 Å². The van der Waals surface area contributed by atoms with Crippen LogP contribution in [-0.4, -0.2) is 48.5 Å². The summed E-state index contributed by atoms with van der Waals surface area (Å²) >= 11 is 0. The zero-order valence-corrected chi connectivity index (χ0v) is 16.2. The van der Waals surface area contributed by atoms with Crippen molar-refractivity contribution >= 4 is 6.21 Å². The molecule has 1 saturated heterocycles. The second-order valence-corrected chi connectivity index (χ2v) is 7.33. The molecular formula is C23H31N2O+. The molecular weight excluding hydrogens is 320 g/mol. The Kier molecular flexibility index (Phi) is 6.88. The van der Waals surface area contributed by atoms with E-state index in [0.29, 0.717) is 6.61 Å². The summed E-state index contributed by atoms with van der Waals surface area (Å²) in [5.41, 5.74) is 6.74. The number of piperidine rings is 1. The lowest BCUT2D eigenvalue weighted by Crippen LogP contribution is -2.31. The van der Waals surface area contributed by atoms with Crippen LogP contribution < -0.4 is 4.74 Å². The fourth-order valence-electron chi connectivity index (χ4n) is 3.65. The van der Waals surface area contributed by atoms with Gasteiger partial charge in [-0.25, -0.2) is 4.58 Å². The van der Waals surface area contributed by atoms with Gasteiger partial charge in [-0.2, -0.15) is 0 Å². The fourth-order valence-corrected chi connectivity index (χ4v) is 3.65. The van der Waals surface area contributed by atoms with Crippen LogP contribution in [0.5, 0.6) is 5.75 Å². The van der Waals surface area contributed by atoms with Gasteiger partial charge in [0.25, 0.3) is 0 Å². The van der Waals surface area contributed by atoms with Crippen LogP contribution >= 0.6 is 0 Å². The molecule has 0 aliphatic carbocycles. The van der Waals surface area contributed by atoms with Crippen molar-refractivity contribution in [2.45, 2.75) is 39.5 Å². The number of likely N-dealkylation sites (tertiary alicyclic amines) is 1.